The van der Waals surface area contributed by atoms with Crippen molar-refractivity contribution in [3.05, 3.63) is 36.0 Å². The summed E-state index contributed by atoms with van der Waals surface area (Å²) in [6, 6.07) is -6.57. The summed E-state index contributed by atoms with van der Waals surface area (Å²) < 4.78 is 0. The first-order chi connectivity index (χ1) is 37.8. The largest absolute Gasteiger partial charge is 0.481 e. The zero-order valence-corrected chi connectivity index (χ0v) is 47.8. The molecule has 0 fully saturated rings. The summed E-state index contributed by atoms with van der Waals surface area (Å²) in [6.07, 6.45) is 1.15. The van der Waals surface area contributed by atoms with Crippen LogP contribution in [0.15, 0.2) is 35.5 Å². The van der Waals surface area contributed by atoms with Crippen LogP contribution in [0.1, 0.15) is 113 Å². The van der Waals surface area contributed by atoms with E-state index < -0.39 is 144 Å². The molecule has 19 N–H and O–H groups in total. The third kappa shape index (κ3) is 24.2. The van der Waals surface area contributed by atoms with E-state index in [-0.39, 0.29) is 68.8 Å². The van der Waals surface area contributed by atoms with Crippen LogP contribution < -0.4 is 65.1 Å². The van der Waals surface area contributed by atoms with Crippen LogP contribution >= 0.6 is 0 Å². The van der Waals surface area contributed by atoms with Gasteiger partial charge in [0.2, 0.25) is 53.2 Å². The number of carbonyl (C=O) groups is 11. The highest BCUT2D eigenvalue weighted by Gasteiger charge is 2.36. The van der Waals surface area contributed by atoms with Gasteiger partial charge in [0.05, 0.1) is 19.1 Å². The molecule has 2 rings (SSSR count). The predicted molar refractivity (Wildman–Crippen MR) is 299 cm³/mol. The van der Waals surface area contributed by atoms with Crippen LogP contribution in [-0.2, 0) is 59.2 Å². The van der Waals surface area contributed by atoms with E-state index in [1.807, 2.05) is 0 Å². The lowest BCUT2D eigenvalue weighted by atomic mass is 9.99. The van der Waals surface area contributed by atoms with Gasteiger partial charge in [-0.05, 0) is 81.3 Å². The van der Waals surface area contributed by atoms with Crippen LogP contribution in [0.2, 0.25) is 0 Å². The Kier molecular flexibility index (Phi) is 28.8. The minimum absolute atomic E-state index is 0.0305. The number of carboxylic acid groups (broad SMARTS) is 2. The van der Waals surface area contributed by atoms with Crippen LogP contribution in [0.5, 0.6) is 0 Å². The maximum Gasteiger partial charge on any atom is 0.325 e. The number of benzene rings is 1. The Balaban J connectivity index is 2.38. The number of para-hydroxylation sites is 1. The highest BCUT2D eigenvalue weighted by molar-refractivity contribution is 5.99. The number of rotatable bonds is 35. The average Bonchev–Trinajstić information content (AvgIpc) is 3.78. The first-order valence-corrected chi connectivity index (χ1v) is 27.0. The summed E-state index contributed by atoms with van der Waals surface area (Å²) in [6.45, 7) is 15.5. The number of aromatic amines is 1. The number of guanidine groups is 1. The van der Waals surface area contributed by atoms with Crippen LogP contribution in [0, 0.1) is 23.7 Å². The molecular weight excluding hydrogens is 1060 g/mol. The third-order valence-corrected chi connectivity index (χ3v) is 12.6. The number of H-pyrrole nitrogens is 1. The number of aliphatic hydroxyl groups is 1. The molecule has 81 heavy (non-hydrogen) atoms. The van der Waals surface area contributed by atoms with Crippen molar-refractivity contribution in [3.63, 3.8) is 0 Å². The topological polar surface area (TPSA) is 463 Å². The number of aliphatic hydroxyl groups excluding tert-OH is 1. The normalized spacial score (nSPS) is 15.1. The highest BCUT2D eigenvalue weighted by atomic mass is 16.4. The third-order valence-electron chi connectivity index (χ3n) is 12.6. The average molecular weight is 1140 g/mol. The van der Waals surface area contributed by atoms with Gasteiger partial charge in [0.15, 0.2) is 5.96 Å². The zero-order chi connectivity index (χ0) is 61.4. The molecule has 0 bridgehead atoms. The Morgan fingerprint density at radius 1 is 0.543 bits per heavy atom. The second-order valence-corrected chi connectivity index (χ2v) is 21.7. The van der Waals surface area contributed by atoms with Crippen molar-refractivity contribution in [2.45, 2.75) is 175 Å². The first-order valence-electron chi connectivity index (χ1n) is 27.0. The minimum Gasteiger partial charge on any atom is -0.481 e. The molecule has 9 amide bonds. The molecular formula is C53H86N14O14. The molecule has 0 aliphatic rings. The van der Waals surface area contributed by atoms with Gasteiger partial charge in [0, 0.05) is 30.1 Å². The fourth-order valence-electron chi connectivity index (χ4n) is 8.28. The summed E-state index contributed by atoms with van der Waals surface area (Å²) in [5.74, 6) is -11.8. The molecule has 0 saturated heterocycles. The molecule has 28 nitrogen and oxygen atoms in total. The van der Waals surface area contributed by atoms with Crippen molar-refractivity contribution in [2.24, 2.45) is 45.9 Å². The number of nitrogens with zero attached hydrogens (tertiary/aromatic N) is 1. The zero-order valence-electron chi connectivity index (χ0n) is 47.8. The second kappa shape index (κ2) is 33.6. The smallest absolute Gasteiger partial charge is 0.325 e. The van der Waals surface area contributed by atoms with E-state index in [0.29, 0.717) is 16.5 Å². The van der Waals surface area contributed by atoms with Gasteiger partial charge >= 0.3 is 11.9 Å². The Labute approximate surface area is 471 Å². The molecule has 1 aromatic heterocycles. The van der Waals surface area contributed by atoms with Gasteiger partial charge in [-0.2, -0.15) is 0 Å². The number of hydrogen-bond acceptors (Lipinski definition) is 14. The highest BCUT2D eigenvalue weighted by Crippen LogP contribution is 2.20. The molecule has 28 heteroatoms. The number of aliphatic imine (C=N–C) groups is 1. The number of fused-ring (bicyclic) bond motifs is 1. The molecule has 0 aliphatic heterocycles. The van der Waals surface area contributed by atoms with Crippen molar-refractivity contribution in [2.75, 3.05) is 13.2 Å². The van der Waals surface area contributed by atoms with E-state index in [9.17, 15) is 63.0 Å². The van der Waals surface area contributed by atoms with Crippen LogP contribution in [0.25, 0.3) is 10.9 Å². The number of amides is 9. The lowest BCUT2D eigenvalue weighted by Gasteiger charge is -2.29. The van der Waals surface area contributed by atoms with Crippen molar-refractivity contribution < 1.29 is 68.1 Å². The molecule has 0 radical (unpaired) electrons. The van der Waals surface area contributed by atoms with Gasteiger partial charge < -0.3 is 85.4 Å². The van der Waals surface area contributed by atoms with Gasteiger partial charge in [-0.25, -0.2) is 0 Å². The van der Waals surface area contributed by atoms with E-state index in [2.05, 4.69) is 57.8 Å². The van der Waals surface area contributed by atoms with Crippen molar-refractivity contribution >= 4 is 82.0 Å². The Morgan fingerprint density at radius 2 is 0.988 bits per heavy atom. The Hall–Kier alpha value is -7.88. The summed E-state index contributed by atoms with van der Waals surface area (Å²) in [5, 5.41) is 52.6. The van der Waals surface area contributed by atoms with E-state index in [1.165, 1.54) is 13.8 Å². The SMILES string of the molecule is CC(C)C[C@H](NC(=O)[C@H](CC(C)C)NC(=O)[C@@H](N)CC(=O)O)C(=O)N[C@@H](C)C(=O)N[C@H](C(=O)N[C@@H](CO)C(=O)N[C@@H](Cc1c[nH]c2ccccc12)C(=O)N[C@@H](CC(C)C)C(=O)N[C@@H](CCCN=C(N)N)C(=O)N[C@@H](C)C(=O)O)C(C)C. The lowest BCUT2D eigenvalue weighted by Crippen LogP contribution is -2.61. The molecule has 2 aromatic rings. The molecule has 0 aliphatic carbocycles. The first kappa shape index (κ1) is 69.2. The quantitative estimate of drug-likeness (QED) is 0.0199. The molecule has 10 atom stereocenters. The van der Waals surface area contributed by atoms with Crippen LogP contribution in [0.4, 0.5) is 0 Å². The van der Waals surface area contributed by atoms with E-state index >= 15 is 0 Å². The Bertz CT molecular complexity index is 2530. The van der Waals surface area contributed by atoms with Crippen molar-refractivity contribution in [1.82, 2.24) is 52.8 Å². The second-order valence-electron chi connectivity index (χ2n) is 21.7. The summed E-state index contributed by atoms with van der Waals surface area (Å²) in [5.41, 5.74) is 17.8. The minimum atomic E-state index is -1.72. The maximum absolute atomic E-state index is 14.5. The summed E-state index contributed by atoms with van der Waals surface area (Å²) in [7, 11) is 0. The molecule has 0 unspecified atom stereocenters. The van der Waals surface area contributed by atoms with Crippen LogP contribution in [0.3, 0.4) is 0 Å². The molecule has 0 saturated carbocycles. The van der Waals surface area contributed by atoms with Crippen molar-refractivity contribution in [1.29, 1.82) is 0 Å². The molecule has 0 spiro atoms. The van der Waals surface area contributed by atoms with E-state index in [0.717, 1.165) is 0 Å². The maximum atomic E-state index is 14.5. The van der Waals surface area contributed by atoms with Gasteiger partial charge in [0.25, 0.3) is 0 Å². The van der Waals surface area contributed by atoms with Crippen LogP contribution in [-0.4, -0.2) is 165 Å². The molecule has 452 valence electrons. The fourth-order valence-corrected chi connectivity index (χ4v) is 8.28. The standard InChI is InChI=1S/C53H86N14O14/c1-25(2)18-36(63-48(76)37(19-26(3)4)62-44(72)33(54)22-41(69)70)46(74)59-29(9)43(71)67-42(28(7)8)51(79)66-40(24-68)50(78)65-39(21-31-23-58-34-15-12-11-14-32(31)34)49(77)64-38(20-27(5)6)47(75)61-35(16-13-17-57-53(55)56)45(73)60-30(10)52(80)81/h11-12,14-15,23,25-30,33,35-40,42,58,68H,13,16-22,24,54H2,1-10H3,(H,59,74)(H,60,73)(H,61,75)(H,62,72)(H,63,76)(H,64,77)(H,65,78)(H,66,79)(H,67,71)(H,69,70)(H,80,81)(H4,55,56,57)/t29-,30-,33-,35-,36-,37-,38-,39-,40-,42-/m0/s1. The summed E-state index contributed by atoms with van der Waals surface area (Å²) in [4.78, 5) is 153. The number of nitrogens with one attached hydrogen (secondary N) is 10. The van der Waals surface area contributed by atoms with E-state index in [1.54, 1.807) is 85.9 Å². The summed E-state index contributed by atoms with van der Waals surface area (Å²) >= 11 is 0. The van der Waals surface area contributed by atoms with Gasteiger partial charge in [-0.1, -0.05) is 73.6 Å². The number of nitrogens with two attached hydrogens (primary N) is 3. The van der Waals surface area contributed by atoms with Gasteiger partial charge in [-0.15, -0.1) is 0 Å². The monoisotopic (exact) mass is 1140 g/mol. The Morgan fingerprint density at radius 3 is 1.48 bits per heavy atom. The van der Waals surface area contributed by atoms with Gasteiger partial charge in [0.1, 0.15) is 54.4 Å². The number of hydrogen-bond donors (Lipinski definition) is 16. The number of aliphatic carboxylic acids is 2. The predicted octanol–water partition coefficient (Wildman–Crippen LogP) is -2.16. The lowest BCUT2D eigenvalue weighted by molar-refractivity contribution is -0.142. The number of aromatic nitrogens is 1. The number of carboxylic acids is 2. The van der Waals surface area contributed by atoms with E-state index in [4.69, 9.17) is 22.3 Å². The van der Waals surface area contributed by atoms with Gasteiger partial charge in [-0.3, -0.25) is 57.7 Å². The van der Waals surface area contributed by atoms with Crippen molar-refractivity contribution in [3.8, 4) is 0 Å². The fraction of sp³-hybridized carbons (Fsp3) is 0.623. The molecule has 1 aromatic carbocycles. The molecule has 1 heterocycles. The number of carbonyl (C=O) groups excluding carboxylic acids is 9.